The molecule has 1 fully saturated rings. The van der Waals surface area contributed by atoms with E-state index < -0.39 is 11.2 Å². The Bertz CT molecular complexity index is 586. The molecule has 1 aromatic rings. The van der Waals surface area contributed by atoms with Crippen LogP contribution in [0.15, 0.2) is 38.9 Å². The molecule has 0 aliphatic carbocycles. The molecule has 1 aromatic carbocycles. The van der Waals surface area contributed by atoms with Crippen LogP contribution >= 0.6 is 27.7 Å². The van der Waals surface area contributed by atoms with E-state index in [1.54, 1.807) is 0 Å². The van der Waals surface area contributed by atoms with E-state index in [0.717, 1.165) is 21.8 Å². The normalized spacial score (nSPS) is 21.1. The third kappa shape index (κ3) is 4.17. The molecule has 1 aliphatic rings. The van der Waals surface area contributed by atoms with Crippen molar-refractivity contribution in [3.63, 3.8) is 0 Å². The van der Waals surface area contributed by atoms with Crippen LogP contribution in [0.2, 0.25) is 0 Å². The number of carboxylic acid groups (broad SMARTS) is 1. The smallest absolute Gasteiger partial charge is 0.317 e. The molecule has 0 radical (unpaired) electrons. The van der Waals surface area contributed by atoms with Gasteiger partial charge in [0, 0.05) is 10.9 Å². The van der Waals surface area contributed by atoms with Crippen molar-refractivity contribution in [3.8, 4) is 0 Å². The van der Waals surface area contributed by atoms with E-state index in [1.807, 2.05) is 24.3 Å². The summed E-state index contributed by atoms with van der Waals surface area (Å²) in [6, 6.07) is 7.43. The molecule has 104 valence electrons. The van der Waals surface area contributed by atoms with Gasteiger partial charge in [-0.1, -0.05) is 39.8 Å². The van der Waals surface area contributed by atoms with Crippen molar-refractivity contribution >= 4 is 51.0 Å². The lowest BCUT2D eigenvalue weighted by Gasteiger charge is -2.18. The number of carboxylic acids is 1. The zero-order valence-corrected chi connectivity index (χ0v) is 12.5. The molecule has 0 spiro atoms. The van der Waals surface area contributed by atoms with Crippen LogP contribution in [0.4, 0.5) is 0 Å². The number of amides is 1. The van der Waals surface area contributed by atoms with Gasteiger partial charge >= 0.3 is 5.97 Å². The molecule has 6 nitrogen and oxygen atoms in total. The van der Waals surface area contributed by atoms with Gasteiger partial charge in [-0.2, -0.15) is 5.10 Å². The first kappa shape index (κ1) is 14.7. The molecule has 1 atom stereocenters. The topological polar surface area (TPSA) is 91.1 Å². The molecule has 2 rings (SSSR count). The molecule has 0 bridgehead atoms. The van der Waals surface area contributed by atoms with Gasteiger partial charge in [-0.25, -0.2) is 0 Å². The van der Waals surface area contributed by atoms with Crippen LogP contribution in [-0.4, -0.2) is 33.6 Å². The number of amidine groups is 1. The lowest BCUT2D eigenvalue weighted by molar-refractivity contribution is -0.138. The first-order valence-electron chi connectivity index (χ1n) is 5.60. The summed E-state index contributed by atoms with van der Waals surface area (Å²) < 4.78 is 0.959. The number of hydrogen-bond donors (Lipinski definition) is 2. The number of hydrogen-bond acceptors (Lipinski definition) is 5. The third-order valence-electron chi connectivity index (χ3n) is 2.37. The van der Waals surface area contributed by atoms with Crippen LogP contribution in [0.1, 0.15) is 12.0 Å². The second kappa shape index (κ2) is 6.67. The second-order valence-electron chi connectivity index (χ2n) is 3.90. The van der Waals surface area contributed by atoms with E-state index in [-0.39, 0.29) is 17.5 Å². The van der Waals surface area contributed by atoms with E-state index >= 15 is 0 Å². The standard InChI is InChI=1S/C12H10BrN3O3S/c13-8-3-1-7(2-4-8)6-14-16-12-15-10(17)5-9(20-12)11(18)19/h1-4,6,9H,5H2,(H,18,19)(H,15,16,17)/b14-6+. The van der Waals surface area contributed by atoms with Crippen molar-refractivity contribution in [3.05, 3.63) is 34.3 Å². The van der Waals surface area contributed by atoms with E-state index in [4.69, 9.17) is 5.11 Å². The van der Waals surface area contributed by atoms with Gasteiger partial charge in [-0.05, 0) is 17.7 Å². The fourth-order valence-electron chi connectivity index (χ4n) is 1.43. The number of halogens is 1. The zero-order valence-electron chi connectivity index (χ0n) is 10.1. The summed E-state index contributed by atoms with van der Waals surface area (Å²) in [5, 5.41) is 18.4. The summed E-state index contributed by atoms with van der Waals surface area (Å²) in [6.45, 7) is 0. The summed E-state index contributed by atoms with van der Waals surface area (Å²) >= 11 is 4.30. The third-order valence-corrected chi connectivity index (χ3v) is 3.96. The van der Waals surface area contributed by atoms with E-state index in [2.05, 4.69) is 31.4 Å². The van der Waals surface area contributed by atoms with Gasteiger partial charge < -0.3 is 10.4 Å². The number of carbonyl (C=O) groups is 2. The molecular formula is C12H10BrN3O3S. The highest BCUT2D eigenvalue weighted by Crippen LogP contribution is 2.20. The maximum absolute atomic E-state index is 11.3. The molecule has 8 heteroatoms. The Morgan fingerprint density at radius 3 is 2.80 bits per heavy atom. The Hall–Kier alpha value is -1.67. The van der Waals surface area contributed by atoms with Gasteiger partial charge in [0.05, 0.1) is 6.21 Å². The molecular weight excluding hydrogens is 346 g/mol. The molecule has 1 aliphatic heterocycles. The van der Waals surface area contributed by atoms with Crippen LogP contribution in [0.5, 0.6) is 0 Å². The van der Waals surface area contributed by atoms with Crippen LogP contribution in [0.3, 0.4) is 0 Å². The average Bonchev–Trinajstić information content (AvgIpc) is 2.40. The van der Waals surface area contributed by atoms with Gasteiger partial charge in [0.15, 0.2) is 5.17 Å². The summed E-state index contributed by atoms with van der Waals surface area (Å²) in [6.07, 6.45) is 1.46. The number of benzene rings is 1. The average molecular weight is 356 g/mol. The summed E-state index contributed by atoms with van der Waals surface area (Å²) in [7, 11) is 0. The maximum atomic E-state index is 11.3. The quantitative estimate of drug-likeness (QED) is 0.639. The van der Waals surface area contributed by atoms with Gasteiger partial charge in [-0.3, -0.25) is 9.59 Å². The highest BCUT2D eigenvalue weighted by atomic mass is 79.9. The van der Waals surface area contributed by atoms with Crippen molar-refractivity contribution in [2.24, 2.45) is 10.2 Å². The van der Waals surface area contributed by atoms with Crippen LogP contribution in [0.25, 0.3) is 0 Å². The fraction of sp³-hybridized carbons (Fsp3) is 0.167. The van der Waals surface area contributed by atoms with E-state index in [0.29, 0.717) is 0 Å². The predicted molar refractivity (Wildman–Crippen MR) is 80.9 cm³/mol. The van der Waals surface area contributed by atoms with Crippen LogP contribution in [-0.2, 0) is 9.59 Å². The SMILES string of the molecule is O=C1CC(C(=O)O)S/C(=N\N=C\c2ccc(Br)cc2)N1. The Morgan fingerprint density at radius 2 is 2.15 bits per heavy atom. The molecule has 1 saturated heterocycles. The molecule has 2 N–H and O–H groups in total. The number of nitrogens with zero attached hydrogens (tertiary/aromatic N) is 2. The number of carbonyl (C=O) groups excluding carboxylic acids is 1. The number of thioether (sulfide) groups is 1. The molecule has 20 heavy (non-hydrogen) atoms. The molecule has 1 heterocycles. The number of rotatable bonds is 3. The van der Waals surface area contributed by atoms with Crippen molar-refractivity contribution < 1.29 is 14.7 Å². The molecule has 1 unspecified atom stereocenters. The predicted octanol–water partition coefficient (Wildman–Crippen LogP) is 1.85. The van der Waals surface area contributed by atoms with Crippen LogP contribution in [0, 0.1) is 0 Å². The van der Waals surface area contributed by atoms with E-state index in [1.165, 1.54) is 6.21 Å². The fourth-order valence-corrected chi connectivity index (χ4v) is 2.56. The lowest BCUT2D eigenvalue weighted by atomic mass is 10.2. The van der Waals surface area contributed by atoms with Crippen molar-refractivity contribution in [1.29, 1.82) is 0 Å². The summed E-state index contributed by atoms with van der Waals surface area (Å²) in [5.41, 5.74) is 0.847. The Morgan fingerprint density at radius 1 is 1.45 bits per heavy atom. The van der Waals surface area contributed by atoms with Crippen LogP contribution < -0.4 is 5.32 Å². The zero-order chi connectivity index (χ0) is 14.5. The van der Waals surface area contributed by atoms with Gasteiger partial charge in [0.25, 0.3) is 0 Å². The Labute approximate surface area is 127 Å². The van der Waals surface area contributed by atoms with Crippen molar-refractivity contribution in [1.82, 2.24) is 5.32 Å². The lowest BCUT2D eigenvalue weighted by Crippen LogP contribution is -2.40. The largest absolute Gasteiger partial charge is 0.480 e. The van der Waals surface area contributed by atoms with E-state index in [9.17, 15) is 9.59 Å². The highest BCUT2D eigenvalue weighted by molar-refractivity contribution is 9.10. The minimum absolute atomic E-state index is 0.0601. The highest BCUT2D eigenvalue weighted by Gasteiger charge is 2.29. The number of nitrogens with one attached hydrogen (secondary N) is 1. The molecule has 0 saturated carbocycles. The van der Waals surface area contributed by atoms with Gasteiger partial charge in [-0.15, -0.1) is 5.10 Å². The van der Waals surface area contributed by atoms with Gasteiger partial charge in [0.2, 0.25) is 5.91 Å². The van der Waals surface area contributed by atoms with Gasteiger partial charge in [0.1, 0.15) is 5.25 Å². The monoisotopic (exact) mass is 355 g/mol. The molecule has 1 amide bonds. The first-order valence-corrected chi connectivity index (χ1v) is 7.28. The minimum atomic E-state index is -1.03. The second-order valence-corrected chi connectivity index (χ2v) is 6.01. The first-order chi connectivity index (χ1) is 9.54. The van der Waals surface area contributed by atoms with Crippen molar-refractivity contribution in [2.75, 3.05) is 0 Å². The Kier molecular flexibility index (Phi) is 4.91. The minimum Gasteiger partial charge on any atom is -0.480 e. The summed E-state index contributed by atoms with van der Waals surface area (Å²) in [4.78, 5) is 22.2. The maximum Gasteiger partial charge on any atom is 0.317 e. The Balaban J connectivity index is 2.04. The van der Waals surface area contributed by atoms with Crippen molar-refractivity contribution in [2.45, 2.75) is 11.7 Å². The summed E-state index contributed by atoms with van der Waals surface area (Å²) in [5.74, 6) is -1.40. The molecule has 0 aromatic heterocycles. The number of aliphatic carboxylic acids is 1.